The van der Waals surface area contributed by atoms with Gasteiger partial charge in [0.2, 0.25) is 0 Å². The Labute approximate surface area is 108 Å². The van der Waals surface area contributed by atoms with E-state index in [2.05, 4.69) is 0 Å². The number of nitro groups is 1. The molecule has 19 heavy (non-hydrogen) atoms. The Morgan fingerprint density at radius 2 is 2.05 bits per heavy atom. The smallest absolute Gasteiger partial charge is 0.294 e. The number of fused-ring (bicyclic) bond motifs is 1. The van der Waals surface area contributed by atoms with Crippen LogP contribution in [0.1, 0.15) is 17.5 Å². The molecule has 0 bridgehead atoms. The fraction of sp³-hybridized carbons (Fsp3) is 0.200. The second-order valence-electron chi connectivity index (χ2n) is 4.16. The number of hydrogen-bond acceptors (Lipinski definition) is 6. The maximum atomic E-state index is 11.2. The van der Waals surface area contributed by atoms with E-state index in [0.29, 0.717) is 0 Å². The number of hydrogen-bond donors (Lipinski definition) is 3. The summed E-state index contributed by atoms with van der Waals surface area (Å²) in [6, 6.07) is 3.22. The predicted octanol–water partition coefficient (Wildman–Crippen LogP) is 0.331. The Balaban J connectivity index is 2.75. The molecule has 1 aliphatic carbocycles. The van der Waals surface area contributed by atoms with Crippen LogP contribution >= 0.6 is 0 Å². The van der Waals surface area contributed by atoms with E-state index < -0.39 is 25.7 Å². The zero-order valence-electron chi connectivity index (χ0n) is 9.48. The van der Waals surface area contributed by atoms with Gasteiger partial charge in [-0.2, -0.15) is 8.42 Å². The van der Waals surface area contributed by atoms with E-state index in [1.807, 2.05) is 0 Å². The molecule has 0 heterocycles. The average molecular weight is 286 g/mol. The average Bonchev–Trinajstić information content (AvgIpc) is 2.26. The zero-order chi connectivity index (χ0) is 14.4. The van der Waals surface area contributed by atoms with E-state index in [9.17, 15) is 23.6 Å². The first kappa shape index (κ1) is 13.6. The van der Waals surface area contributed by atoms with Crippen molar-refractivity contribution in [2.45, 2.75) is 12.1 Å². The van der Waals surface area contributed by atoms with Gasteiger partial charge in [0.15, 0.2) is 0 Å². The summed E-state index contributed by atoms with van der Waals surface area (Å²) in [7, 11) is -4.56. The molecule has 1 atom stereocenters. The van der Waals surface area contributed by atoms with Gasteiger partial charge in [-0.3, -0.25) is 20.4 Å². The van der Waals surface area contributed by atoms with Crippen LogP contribution in [0.2, 0.25) is 0 Å². The molecule has 8 nitrogen and oxygen atoms in total. The Morgan fingerprint density at radius 3 is 2.58 bits per heavy atom. The Morgan fingerprint density at radius 1 is 1.42 bits per heavy atom. The first-order valence-corrected chi connectivity index (χ1v) is 6.55. The van der Waals surface area contributed by atoms with Gasteiger partial charge in [-0.1, -0.05) is 6.08 Å². The third-order valence-corrected chi connectivity index (χ3v) is 3.76. The highest BCUT2D eigenvalue weighted by molar-refractivity contribution is 7.95. The number of rotatable bonds is 2. The van der Waals surface area contributed by atoms with Crippen molar-refractivity contribution in [2.24, 2.45) is 5.73 Å². The SMILES string of the molecule is NC1(O)CC=C(S(=O)(=O)O)c2cc([N+](=O)[O-])ccc21. The second-order valence-corrected chi connectivity index (χ2v) is 5.55. The van der Waals surface area contributed by atoms with Gasteiger partial charge in [-0.25, -0.2) is 0 Å². The van der Waals surface area contributed by atoms with E-state index in [1.165, 1.54) is 6.07 Å². The van der Waals surface area contributed by atoms with Crippen LogP contribution in [0.4, 0.5) is 5.69 Å². The largest absolute Gasteiger partial charge is 0.371 e. The molecule has 0 aliphatic heterocycles. The van der Waals surface area contributed by atoms with Gasteiger partial charge in [0, 0.05) is 29.7 Å². The number of benzene rings is 1. The standard InChI is InChI=1S/C10H10N2O6S/c11-10(13)4-3-9(19(16,17)18)7-5-6(12(14)15)1-2-8(7)10/h1-3,5,13H,4,11H2,(H,16,17,18). The highest BCUT2D eigenvalue weighted by Crippen LogP contribution is 2.38. The van der Waals surface area contributed by atoms with Crippen molar-refractivity contribution in [3.63, 3.8) is 0 Å². The van der Waals surface area contributed by atoms with Crippen LogP contribution in [0.5, 0.6) is 0 Å². The van der Waals surface area contributed by atoms with Gasteiger partial charge in [-0.15, -0.1) is 0 Å². The molecule has 0 saturated heterocycles. The zero-order valence-corrected chi connectivity index (χ0v) is 10.3. The summed E-state index contributed by atoms with van der Waals surface area (Å²) in [5.41, 5.74) is 3.22. The molecule has 1 aliphatic rings. The fourth-order valence-corrected chi connectivity index (χ4v) is 2.68. The second kappa shape index (κ2) is 4.10. The minimum absolute atomic E-state index is 0.00762. The molecule has 0 amide bonds. The normalized spacial score (nSPS) is 22.6. The van der Waals surface area contributed by atoms with Crippen LogP contribution in [-0.2, 0) is 15.8 Å². The lowest BCUT2D eigenvalue weighted by Gasteiger charge is -2.29. The van der Waals surface area contributed by atoms with Gasteiger partial charge in [0.05, 0.1) is 9.83 Å². The molecule has 1 aromatic rings. The van der Waals surface area contributed by atoms with Gasteiger partial charge in [0.1, 0.15) is 5.72 Å². The molecule has 4 N–H and O–H groups in total. The van der Waals surface area contributed by atoms with Crippen LogP contribution < -0.4 is 5.73 Å². The molecular weight excluding hydrogens is 276 g/mol. The minimum atomic E-state index is -4.56. The summed E-state index contributed by atoms with van der Waals surface area (Å²) in [5, 5.41) is 20.6. The Hall–Kier alpha value is -1.81. The summed E-state index contributed by atoms with van der Waals surface area (Å²) >= 11 is 0. The predicted molar refractivity (Wildman–Crippen MR) is 65.3 cm³/mol. The molecule has 1 aromatic carbocycles. The maximum absolute atomic E-state index is 11.2. The van der Waals surface area contributed by atoms with Crippen LogP contribution in [0.15, 0.2) is 24.3 Å². The van der Waals surface area contributed by atoms with Crippen molar-refractivity contribution in [3.8, 4) is 0 Å². The highest BCUT2D eigenvalue weighted by Gasteiger charge is 2.35. The van der Waals surface area contributed by atoms with Crippen LogP contribution in [0.3, 0.4) is 0 Å². The van der Waals surface area contributed by atoms with Crippen molar-refractivity contribution in [2.75, 3.05) is 0 Å². The van der Waals surface area contributed by atoms with E-state index in [-0.39, 0.29) is 23.2 Å². The molecule has 0 spiro atoms. The van der Waals surface area contributed by atoms with Gasteiger partial charge >= 0.3 is 0 Å². The van der Waals surface area contributed by atoms with Crippen molar-refractivity contribution >= 4 is 20.7 Å². The molecule has 0 aromatic heterocycles. The third kappa shape index (κ3) is 2.36. The lowest BCUT2D eigenvalue weighted by atomic mass is 9.89. The first-order valence-electron chi connectivity index (χ1n) is 5.11. The number of nitrogens with zero attached hydrogens (tertiary/aromatic N) is 1. The van der Waals surface area contributed by atoms with E-state index in [1.54, 1.807) is 0 Å². The van der Waals surface area contributed by atoms with Crippen molar-refractivity contribution < 1.29 is 23.0 Å². The molecule has 1 unspecified atom stereocenters. The van der Waals surface area contributed by atoms with Crippen LogP contribution in [0, 0.1) is 10.1 Å². The quantitative estimate of drug-likeness (QED) is 0.307. The van der Waals surface area contributed by atoms with E-state index >= 15 is 0 Å². The van der Waals surface area contributed by atoms with E-state index in [4.69, 9.17) is 10.3 Å². The van der Waals surface area contributed by atoms with Crippen molar-refractivity contribution in [1.82, 2.24) is 0 Å². The molecule has 9 heteroatoms. The van der Waals surface area contributed by atoms with Crippen molar-refractivity contribution in [3.05, 3.63) is 45.5 Å². The number of nitro benzene ring substituents is 1. The van der Waals surface area contributed by atoms with Crippen LogP contribution in [0.25, 0.3) is 4.91 Å². The maximum Gasteiger partial charge on any atom is 0.294 e. The molecular formula is C10H10N2O6S. The molecule has 2 rings (SSSR count). The lowest BCUT2D eigenvalue weighted by molar-refractivity contribution is -0.384. The Kier molecular flexibility index (Phi) is 2.94. The number of non-ortho nitro benzene ring substituents is 1. The lowest BCUT2D eigenvalue weighted by Crippen LogP contribution is -2.38. The first-order chi connectivity index (χ1) is 8.63. The highest BCUT2D eigenvalue weighted by atomic mass is 32.2. The van der Waals surface area contributed by atoms with Crippen molar-refractivity contribution in [1.29, 1.82) is 0 Å². The number of aliphatic hydroxyl groups is 1. The summed E-state index contributed by atoms with van der Waals surface area (Å²) in [6.45, 7) is 0. The monoisotopic (exact) mass is 286 g/mol. The summed E-state index contributed by atoms with van der Waals surface area (Å²) in [5.74, 6) is 0. The summed E-state index contributed by atoms with van der Waals surface area (Å²) < 4.78 is 31.6. The molecule has 102 valence electrons. The third-order valence-electron chi connectivity index (χ3n) is 2.82. The van der Waals surface area contributed by atoms with Gasteiger partial charge in [0.25, 0.3) is 15.8 Å². The van der Waals surface area contributed by atoms with Gasteiger partial charge in [-0.05, 0) is 6.07 Å². The summed E-state index contributed by atoms with van der Waals surface area (Å²) in [4.78, 5) is 9.47. The summed E-state index contributed by atoms with van der Waals surface area (Å²) in [6.07, 6.45) is 0.800. The molecule has 0 saturated carbocycles. The Bertz CT molecular complexity index is 692. The minimum Gasteiger partial charge on any atom is -0.371 e. The number of nitrogens with two attached hydrogens (primary N) is 1. The molecule has 0 fully saturated rings. The fourth-order valence-electron chi connectivity index (χ4n) is 1.94. The topological polar surface area (TPSA) is 144 Å². The van der Waals surface area contributed by atoms with Crippen LogP contribution in [-0.4, -0.2) is 23.0 Å². The van der Waals surface area contributed by atoms with E-state index in [0.717, 1.165) is 18.2 Å². The molecule has 0 radical (unpaired) electrons. The van der Waals surface area contributed by atoms with Gasteiger partial charge < -0.3 is 5.11 Å².